The summed E-state index contributed by atoms with van der Waals surface area (Å²) in [4.78, 5) is 29.2. The second-order valence-corrected chi connectivity index (χ2v) is 7.25. The number of nitrogens with zero attached hydrogens (tertiary/aromatic N) is 2. The van der Waals surface area contributed by atoms with Crippen LogP contribution in [0, 0.1) is 0 Å². The summed E-state index contributed by atoms with van der Waals surface area (Å²) >= 11 is 0. The lowest BCUT2D eigenvalue weighted by molar-refractivity contribution is 0.0952. The average molecular weight is 436 g/mol. The second-order valence-electron chi connectivity index (χ2n) is 7.25. The van der Waals surface area contributed by atoms with Gasteiger partial charge < -0.3 is 14.8 Å². The van der Waals surface area contributed by atoms with E-state index in [0.717, 1.165) is 29.9 Å². The number of amides is 1. The van der Waals surface area contributed by atoms with E-state index in [0.29, 0.717) is 37.6 Å². The standard InChI is InChI=1S/C25H29N3O4/c1-3-5-16-32-22-12-8-20(9-13-22)25(30)26-14-15-28-18-27-23(17-24(28)29)19-6-10-21(11-7-19)31-4-2/h6-13,17-18H,3-5,14-16H2,1-2H3,(H,26,30). The maximum absolute atomic E-state index is 12.4. The first-order valence-corrected chi connectivity index (χ1v) is 10.9. The number of nitrogens with one attached hydrogen (secondary N) is 1. The zero-order chi connectivity index (χ0) is 22.8. The number of carbonyl (C=O) groups excluding carboxylic acids is 1. The lowest BCUT2D eigenvalue weighted by Gasteiger charge is -2.09. The van der Waals surface area contributed by atoms with Crippen LogP contribution in [0.5, 0.6) is 11.5 Å². The minimum atomic E-state index is -0.197. The molecule has 0 radical (unpaired) electrons. The third-order valence-electron chi connectivity index (χ3n) is 4.86. The molecule has 2 aromatic carbocycles. The van der Waals surface area contributed by atoms with Crippen molar-refractivity contribution < 1.29 is 14.3 Å². The van der Waals surface area contributed by atoms with E-state index in [1.807, 2.05) is 31.2 Å². The first-order chi connectivity index (χ1) is 15.6. The molecule has 7 nitrogen and oxygen atoms in total. The molecule has 32 heavy (non-hydrogen) atoms. The van der Waals surface area contributed by atoms with Crippen LogP contribution < -0.4 is 20.3 Å². The van der Waals surface area contributed by atoms with Gasteiger partial charge in [0.25, 0.3) is 11.5 Å². The Morgan fingerprint density at radius 2 is 1.69 bits per heavy atom. The second kappa shape index (κ2) is 11.7. The van der Waals surface area contributed by atoms with Crippen LogP contribution in [0.25, 0.3) is 11.3 Å². The Hall–Kier alpha value is -3.61. The molecule has 0 spiro atoms. The molecule has 0 aliphatic heterocycles. The third-order valence-corrected chi connectivity index (χ3v) is 4.86. The molecule has 3 rings (SSSR count). The molecular formula is C25H29N3O4. The summed E-state index contributed by atoms with van der Waals surface area (Å²) in [5.41, 5.74) is 1.81. The molecule has 0 atom stereocenters. The number of hydrogen-bond donors (Lipinski definition) is 1. The SMILES string of the molecule is CCCCOc1ccc(C(=O)NCCn2cnc(-c3ccc(OCC)cc3)cc2=O)cc1. The van der Waals surface area contributed by atoms with Gasteiger partial charge in [0.15, 0.2) is 0 Å². The summed E-state index contributed by atoms with van der Waals surface area (Å²) in [7, 11) is 0. The smallest absolute Gasteiger partial charge is 0.253 e. The molecule has 0 aliphatic carbocycles. The lowest BCUT2D eigenvalue weighted by atomic mass is 10.1. The van der Waals surface area contributed by atoms with Crippen LogP contribution in [0.15, 0.2) is 65.7 Å². The van der Waals surface area contributed by atoms with Gasteiger partial charge in [0, 0.05) is 30.3 Å². The molecule has 1 amide bonds. The Bertz CT molecular complexity index is 1060. The number of unbranched alkanes of at least 4 members (excludes halogenated alkanes) is 1. The molecule has 0 aliphatic rings. The fourth-order valence-electron chi connectivity index (χ4n) is 3.07. The van der Waals surface area contributed by atoms with Crippen LogP contribution in [-0.4, -0.2) is 35.2 Å². The number of carbonyl (C=O) groups is 1. The van der Waals surface area contributed by atoms with Crippen LogP contribution >= 0.6 is 0 Å². The van der Waals surface area contributed by atoms with E-state index in [4.69, 9.17) is 9.47 Å². The third kappa shape index (κ3) is 6.44. The highest BCUT2D eigenvalue weighted by Gasteiger charge is 2.07. The Morgan fingerprint density at radius 1 is 1.00 bits per heavy atom. The zero-order valence-corrected chi connectivity index (χ0v) is 18.5. The van der Waals surface area contributed by atoms with Gasteiger partial charge in [-0.1, -0.05) is 13.3 Å². The molecule has 0 saturated heterocycles. The van der Waals surface area contributed by atoms with Crippen molar-refractivity contribution in [1.29, 1.82) is 0 Å². The van der Waals surface area contributed by atoms with Crippen LogP contribution in [0.4, 0.5) is 0 Å². The van der Waals surface area contributed by atoms with Crippen molar-refractivity contribution in [2.24, 2.45) is 0 Å². The highest BCUT2D eigenvalue weighted by molar-refractivity contribution is 5.94. The van der Waals surface area contributed by atoms with Gasteiger partial charge in [-0.15, -0.1) is 0 Å². The van der Waals surface area contributed by atoms with Gasteiger partial charge in [0.05, 0.1) is 25.2 Å². The monoisotopic (exact) mass is 435 g/mol. The van der Waals surface area contributed by atoms with Gasteiger partial charge in [0.1, 0.15) is 11.5 Å². The van der Waals surface area contributed by atoms with E-state index < -0.39 is 0 Å². The van der Waals surface area contributed by atoms with Crippen molar-refractivity contribution in [3.8, 4) is 22.8 Å². The fourth-order valence-corrected chi connectivity index (χ4v) is 3.07. The van der Waals surface area contributed by atoms with Gasteiger partial charge in [-0.2, -0.15) is 0 Å². The molecule has 7 heteroatoms. The summed E-state index contributed by atoms with van der Waals surface area (Å²) in [6.45, 7) is 5.96. The van der Waals surface area contributed by atoms with Gasteiger partial charge in [-0.3, -0.25) is 14.2 Å². The number of aromatic nitrogens is 2. The number of benzene rings is 2. The van der Waals surface area contributed by atoms with Gasteiger partial charge in [-0.25, -0.2) is 4.98 Å². The molecule has 1 aromatic heterocycles. The van der Waals surface area contributed by atoms with E-state index in [-0.39, 0.29) is 11.5 Å². The van der Waals surface area contributed by atoms with Crippen molar-refractivity contribution in [2.75, 3.05) is 19.8 Å². The minimum Gasteiger partial charge on any atom is -0.494 e. The average Bonchev–Trinajstić information content (AvgIpc) is 2.81. The molecule has 168 valence electrons. The lowest BCUT2D eigenvalue weighted by Crippen LogP contribution is -2.30. The topological polar surface area (TPSA) is 82.4 Å². The van der Waals surface area contributed by atoms with Crippen LogP contribution in [-0.2, 0) is 6.54 Å². The zero-order valence-electron chi connectivity index (χ0n) is 18.5. The Morgan fingerprint density at radius 3 is 2.34 bits per heavy atom. The summed E-state index contributed by atoms with van der Waals surface area (Å²) in [6, 6.07) is 16.0. The minimum absolute atomic E-state index is 0.174. The molecule has 0 unspecified atom stereocenters. The van der Waals surface area contributed by atoms with E-state index >= 15 is 0 Å². The van der Waals surface area contributed by atoms with Crippen molar-refractivity contribution >= 4 is 5.91 Å². The molecular weight excluding hydrogens is 406 g/mol. The Labute approximate surface area is 188 Å². The molecule has 0 saturated carbocycles. The predicted octanol–water partition coefficient (Wildman–Crippen LogP) is 3.92. The van der Waals surface area contributed by atoms with Crippen molar-refractivity contribution in [3.05, 3.63) is 76.8 Å². The van der Waals surface area contributed by atoms with Crippen molar-refractivity contribution in [1.82, 2.24) is 14.9 Å². The maximum Gasteiger partial charge on any atom is 0.253 e. The first-order valence-electron chi connectivity index (χ1n) is 10.9. The number of hydrogen-bond acceptors (Lipinski definition) is 5. The molecule has 0 fully saturated rings. The van der Waals surface area contributed by atoms with Crippen LogP contribution in [0.1, 0.15) is 37.0 Å². The molecule has 1 heterocycles. The quantitative estimate of drug-likeness (QED) is 0.462. The first kappa shape index (κ1) is 23.1. The number of rotatable bonds is 11. The maximum atomic E-state index is 12.4. The molecule has 3 aromatic rings. The van der Waals surface area contributed by atoms with Crippen molar-refractivity contribution in [2.45, 2.75) is 33.2 Å². The fraction of sp³-hybridized carbons (Fsp3) is 0.320. The Kier molecular flexibility index (Phi) is 8.43. The Balaban J connectivity index is 1.52. The van der Waals surface area contributed by atoms with E-state index in [9.17, 15) is 9.59 Å². The van der Waals surface area contributed by atoms with Gasteiger partial charge >= 0.3 is 0 Å². The van der Waals surface area contributed by atoms with E-state index in [1.165, 1.54) is 17.0 Å². The van der Waals surface area contributed by atoms with Gasteiger partial charge in [-0.05, 0) is 61.9 Å². The van der Waals surface area contributed by atoms with Crippen molar-refractivity contribution in [3.63, 3.8) is 0 Å². The van der Waals surface area contributed by atoms with E-state index in [2.05, 4.69) is 17.2 Å². The molecule has 0 bridgehead atoms. The predicted molar refractivity (Wildman–Crippen MR) is 124 cm³/mol. The highest BCUT2D eigenvalue weighted by atomic mass is 16.5. The van der Waals surface area contributed by atoms with Crippen LogP contribution in [0.3, 0.4) is 0 Å². The molecule has 1 N–H and O–H groups in total. The summed E-state index contributed by atoms with van der Waals surface area (Å²) in [5, 5.41) is 2.83. The van der Waals surface area contributed by atoms with Gasteiger partial charge in [0.2, 0.25) is 0 Å². The highest BCUT2D eigenvalue weighted by Crippen LogP contribution is 2.19. The summed E-state index contributed by atoms with van der Waals surface area (Å²) < 4.78 is 12.5. The summed E-state index contributed by atoms with van der Waals surface area (Å²) in [5.74, 6) is 1.33. The normalized spacial score (nSPS) is 10.6. The van der Waals surface area contributed by atoms with Crippen LogP contribution in [0.2, 0.25) is 0 Å². The summed E-state index contributed by atoms with van der Waals surface area (Å²) in [6.07, 6.45) is 3.57. The largest absolute Gasteiger partial charge is 0.494 e. The van der Waals surface area contributed by atoms with E-state index in [1.54, 1.807) is 24.3 Å². The number of ether oxygens (including phenoxy) is 2.